The summed E-state index contributed by atoms with van der Waals surface area (Å²) in [4.78, 5) is 17.3. The van der Waals surface area contributed by atoms with Crippen molar-refractivity contribution in [3.8, 4) is 16.9 Å². The van der Waals surface area contributed by atoms with Crippen LogP contribution < -0.4 is 4.74 Å². The number of halogens is 3. The summed E-state index contributed by atoms with van der Waals surface area (Å²) in [6.07, 6.45) is -0.798. The molecule has 14 heteroatoms. The molecule has 0 amide bonds. The number of carboxylic acid groups (broad SMARTS) is 1. The fourth-order valence-corrected chi connectivity index (χ4v) is 4.68. The number of aliphatic carboxylic acids is 1. The average Bonchev–Trinajstić information content (AvgIpc) is 3.52. The summed E-state index contributed by atoms with van der Waals surface area (Å²) >= 11 is 0. The Balaban J connectivity index is 0.000000405. The Morgan fingerprint density at radius 3 is 2.51 bits per heavy atom. The van der Waals surface area contributed by atoms with Gasteiger partial charge in [-0.1, -0.05) is 6.07 Å². The van der Waals surface area contributed by atoms with Gasteiger partial charge >= 0.3 is 12.1 Å². The lowest BCUT2D eigenvalue weighted by atomic mass is 9.96. The maximum atomic E-state index is 12.5. The second-order valence-corrected chi connectivity index (χ2v) is 10.6. The molecule has 0 saturated carbocycles. The molecule has 1 aliphatic rings. The molecule has 3 heterocycles. The van der Waals surface area contributed by atoms with Gasteiger partial charge in [0.05, 0.1) is 34.7 Å². The molecule has 1 atom stereocenters. The predicted octanol–water partition coefficient (Wildman–Crippen LogP) is 3.56. The Hall–Kier alpha value is -3.91. The number of aromatic nitrogens is 4. The monoisotopic (exact) mass is 537 g/mol. The minimum Gasteiger partial charge on any atom is -0.493 e. The summed E-state index contributed by atoms with van der Waals surface area (Å²) in [7, 11) is -0.437. The van der Waals surface area contributed by atoms with Crippen LogP contribution in [0, 0.1) is 0 Å². The lowest BCUT2D eigenvalue weighted by molar-refractivity contribution is -0.192. The standard InChI is InChI=1S/C21H21N5O3S.C2HF3O2/c1-26(2)30(27,28)17-4-6-20-14(8-17)7-15(12-29-20)21-24-18-5-3-13(9-19(18)25-21)16-10-22-23-11-16;3-2(4,5)1(6)7/h3-6,8-11,15H,7,12H2,1-2H3,(H,22,23)(H,24,25);(H,6,7). The molecule has 0 saturated heterocycles. The van der Waals surface area contributed by atoms with E-state index in [1.807, 2.05) is 18.3 Å². The van der Waals surface area contributed by atoms with Crippen LogP contribution in [0.15, 0.2) is 53.7 Å². The van der Waals surface area contributed by atoms with Gasteiger partial charge in [0.1, 0.15) is 11.6 Å². The number of rotatable bonds is 4. The van der Waals surface area contributed by atoms with Crippen LogP contribution in [0.1, 0.15) is 17.3 Å². The highest BCUT2D eigenvalue weighted by atomic mass is 32.2. The van der Waals surface area contributed by atoms with Crippen molar-refractivity contribution in [2.24, 2.45) is 0 Å². The topological polar surface area (TPSA) is 141 Å². The normalized spacial score (nSPS) is 15.6. The first-order valence-corrected chi connectivity index (χ1v) is 12.3. The van der Waals surface area contributed by atoms with Crippen molar-refractivity contribution in [3.63, 3.8) is 0 Å². The van der Waals surface area contributed by atoms with Gasteiger partial charge < -0.3 is 14.8 Å². The molecule has 2 aromatic heterocycles. The molecule has 1 unspecified atom stereocenters. The van der Waals surface area contributed by atoms with E-state index in [1.165, 1.54) is 18.4 Å². The SMILES string of the molecule is CN(C)S(=O)(=O)c1ccc2c(c1)CC(c1nc3ccc(-c4cn[nH]c4)cc3[nH]1)CO2.O=C(O)C(F)(F)F. The highest BCUT2D eigenvalue weighted by Crippen LogP contribution is 2.34. The van der Waals surface area contributed by atoms with E-state index in [0.29, 0.717) is 13.0 Å². The number of nitrogens with zero attached hydrogens (tertiary/aromatic N) is 3. The molecule has 37 heavy (non-hydrogen) atoms. The van der Waals surface area contributed by atoms with Crippen LogP contribution in [-0.2, 0) is 21.2 Å². The summed E-state index contributed by atoms with van der Waals surface area (Å²) < 4.78 is 63.8. The number of aromatic amines is 2. The van der Waals surface area contributed by atoms with Gasteiger partial charge in [0.2, 0.25) is 10.0 Å². The van der Waals surface area contributed by atoms with Crippen LogP contribution in [0.5, 0.6) is 5.75 Å². The van der Waals surface area contributed by atoms with Crippen molar-refractivity contribution in [2.45, 2.75) is 23.4 Å². The largest absolute Gasteiger partial charge is 0.493 e. The minimum absolute atomic E-state index is 0.0135. The summed E-state index contributed by atoms with van der Waals surface area (Å²) in [5.41, 5.74) is 4.76. The summed E-state index contributed by atoms with van der Waals surface area (Å²) in [5, 5.41) is 14.0. The smallest absolute Gasteiger partial charge is 0.490 e. The highest BCUT2D eigenvalue weighted by Gasteiger charge is 2.38. The molecule has 196 valence electrons. The minimum atomic E-state index is -5.08. The second kappa shape index (κ2) is 9.86. The molecular formula is C23H22F3N5O5S. The molecular weight excluding hydrogens is 515 g/mol. The van der Waals surface area contributed by atoms with Crippen LogP contribution in [0.2, 0.25) is 0 Å². The fourth-order valence-electron chi connectivity index (χ4n) is 3.73. The summed E-state index contributed by atoms with van der Waals surface area (Å²) in [6, 6.07) is 11.1. The van der Waals surface area contributed by atoms with E-state index >= 15 is 0 Å². The molecule has 10 nitrogen and oxygen atoms in total. The zero-order chi connectivity index (χ0) is 27.0. The first-order valence-electron chi connectivity index (χ1n) is 10.8. The van der Waals surface area contributed by atoms with E-state index in [1.54, 1.807) is 24.4 Å². The van der Waals surface area contributed by atoms with E-state index in [9.17, 15) is 21.6 Å². The van der Waals surface area contributed by atoms with Crippen molar-refractivity contribution in [2.75, 3.05) is 20.7 Å². The summed E-state index contributed by atoms with van der Waals surface area (Å²) in [5.74, 6) is -1.18. The molecule has 4 aromatic rings. The maximum Gasteiger partial charge on any atom is 0.490 e. The van der Waals surface area contributed by atoms with E-state index in [4.69, 9.17) is 19.6 Å². The fraction of sp³-hybridized carbons (Fsp3) is 0.261. The number of benzene rings is 2. The van der Waals surface area contributed by atoms with Crippen LogP contribution >= 0.6 is 0 Å². The quantitative estimate of drug-likeness (QED) is 0.362. The maximum absolute atomic E-state index is 12.5. The summed E-state index contributed by atoms with van der Waals surface area (Å²) in [6.45, 7) is 0.487. The van der Waals surface area contributed by atoms with Crippen molar-refractivity contribution in [3.05, 3.63) is 60.2 Å². The molecule has 1 aliphatic heterocycles. The number of hydrogen-bond acceptors (Lipinski definition) is 6. The van der Waals surface area contributed by atoms with Crippen LogP contribution in [-0.4, -0.2) is 70.8 Å². The van der Waals surface area contributed by atoms with Gasteiger partial charge in [-0.25, -0.2) is 22.5 Å². The third-order valence-electron chi connectivity index (χ3n) is 5.68. The van der Waals surface area contributed by atoms with E-state index in [-0.39, 0.29) is 10.8 Å². The number of sulfonamides is 1. The van der Waals surface area contributed by atoms with Gasteiger partial charge in [-0.2, -0.15) is 18.3 Å². The third-order valence-corrected chi connectivity index (χ3v) is 7.49. The first kappa shape index (κ1) is 26.2. The average molecular weight is 538 g/mol. The van der Waals surface area contributed by atoms with Crippen molar-refractivity contribution in [1.29, 1.82) is 0 Å². The number of fused-ring (bicyclic) bond motifs is 2. The molecule has 0 spiro atoms. The number of ether oxygens (including phenoxy) is 1. The Kier molecular flexibility index (Phi) is 6.97. The molecule has 3 N–H and O–H groups in total. The van der Waals surface area contributed by atoms with Gasteiger partial charge in [-0.3, -0.25) is 5.10 Å². The Labute approximate surface area is 209 Å². The molecule has 0 fully saturated rings. The molecule has 5 rings (SSSR count). The number of imidazole rings is 1. The Bertz CT molecular complexity index is 1530. The van der Waals surface area contributed by atoms with Gasteiger partial charge in [-0.15, -0.1) is 0 Å². The van der Waals surface area contributed by atoms with Crippen LogP contribution in [0.25, 0.3) is 22.2 Å². The van der Waals surface area contributed by atoms with Gasteiger partial charge in [0, 0.05) is 25.9 Å². The van der Waals surface area contributed by atoms with E-state index in [2.05, 4.69) is 21.2 Å². The van der Waals surface area contributed by atoms with Crippen LogP contribution in [0.4, 0.5) is 13.2 Å². The van der Waals surface area contributed by atoms with Gasteiger partial charge in [0.25, 0.3) is 0 Å². The third kappa shape index (κ3) is 5.59. The number of carboxylic acids is 1. The van der Waals surface area contributed by atoms with E-state index < -0.39 is 22.2 Å². The number of nitrogens with one attached hydrogen (secondary N) is 2. The second-order valence-electron chi connectivity index (χ2n) is 8.41. The molecule has 0 aliphatic carbocycles. The lowest BCUT2D eigenvalue weighted by Gasteiger charge is -2.24. The Morgan fingerprint density at radius 2 is 1.89 bits per heavy atom. The zero-order valence-electron chi connectivity index (χ0n) is 19.6. The molecule has 2 aromatic carbocycles. The zero-order valence-corrected chi connectivity index (χ0v) is 20.4. The van der Waals surface area contributed by atoms with E-state index in [0.717, 1.165) is 39.3 Å². The van der Waals surface area contributed by atoms with Crippen LogP contribution in [0.3, 0.4) is 0 Å². The Morgan fingerprint density at radius 1 is 1.16 bits per heavy atom. The van der Waals surface area contributed by atoms with Crippen molar-refractivity contribution >= 4 is 27.0 Å². The van der Waals surface area contributed by atoms with Gasteiger partial charge in [0.15, 0.2) is 0 Å². The predicted molar refractivity (Wildman–Crippen MR) is 127 cm³/mol. The van der Waals surface area contributed by atoms with Crippen molar-refractivity contribution in [1.82, 2.24) is 24.5 Å². The number of H-pyrrole nitrogens is 2. The van der Waals surface area contributed by atoms with Gasteiger partial charge in [-0.05, 0) is 47.9 Å². The molecule has 0 bridgehead atoms. The lowest BCUT2D eigenvalue weighted by Crippen LogP contribution is -2.24. The molecule has 0 radical (unpaired) electrons. The number of hydrogen-bond donors (Lipinski definition) is 3. The number of alkyl halides is 3. The van der Waals surface area contributed by atoms with Crippen molar-refractivity contribution < 1.29 is 36.2 Å². The first-order chi connectivity index (χ1) is 17.4. The number of carbonyl (C=O) groups is 1. The highest BCUT2D eigenvalue weighted by molar-refractivity contribution is 7.89.